The van der Waals surface area contributed by atoms with Crippen LogP contribution in [0.2, 0.25) is 0 Å². The maximum absolute atomic E-state index is 5.84. The number of allylic oxidation sites excluding steroid dienone is 1. The van der Waals surface area contributed by atoms with Crippen molar-refractivity contribution in [3.05, 3.63) is 64.7 Å². The molecule has 1 heteroatoms. The van der Waals surface area contributed by atoms with Gasteiger partial charge in [-0.25, -0.2) is 0 Å². The summed E-state index contributed by atoms with van der Waals surface area (Å²) in [7, 11) is 0. The van der Waals surface area contributed by atoms with Crippen molar-refractivity contribution in [3.8, 4) is 11.1 Å². The van der Waals surface area contributed by atoms with Crippen LogP contribution in [0, 0.1) is 0 Å². The first-order valence-corrected chi connectivity index (χ1v) is 7.95. The minimum atomic E-state index is -0.0951. The van der Waals surface area contributed by atoms with Crippen molar-refractivity contribution < 1.29 is 4.74 Å². The Morgan fingerprint density at radius 1 is 1.00 bits per heavy atom. The third-order valence-electron chi connectivity index (χ3n) is 4.01. The Kier molecular flexibility index (Phi) is 3.92. The molecule has 0 saturated heterocycles. The summed E-state index contributed by atoms with van der Waals surface area (Å²) in [4.78, 5) is 0. The molecule has 0 bridgehead atoms. The Morgan fingerprint density at radius 2 is 1.73 bits per heavy atom. The highest BCUT2D eigenvalue weighted by atomic mass is 16.5. The van der Waals surface area contributed by atoms with Crippen LogP contribution in [0.5, 0.6) is 0 Å². The van der Waals surface area contributed by atoms with E-state index in [1.165, 1.54) is 33.4 Å². The van der Waals surface area contributed by atoms with E-state index >= 15 is 0 Å². The Labute approximate surface area is 133 Å². The maximum atomic E-state index is 5.84. The van der Waals surface area contributed by atoms with Crippen molar-refractivity contribution in [2.45, 2.75) is 46.3 Å². The van der Waals surface area contributed by atoms with Gasteiger partial charge in [0, 0.05) is 0 Å². The molecular weight excluding hydrogens is 268 g/mol. The van der Waals surface area contributed by atoms with Crippen LogP contribution in [0.3, 0.4) is 0 Å². The molecule has 0 spiro atoms. The quantitative estimate of drug-likeness (QED) is 0.712. The molecule has 0 unspecified atom stereocenters. The van der Waals surface area contributed by atoms with Crippen molar-refractivity contribution in [2.24, 2.45) is 0 Å². The van der Waals surface area contributed by atoms with E-state index in [0.29, 0.717) is 6.61 Å². The molecule has 2 aromatic rings. The molecule has 22 heavy (non-hydrogen) atoms. The van der Waals surface area contributed by atoms with E-state index in [-0.39, 0.29) is 5.60 Å². The van der Waals surface area contributed by atoms with Gasteiger partial charge in [-0.1, -0.05) is 54.1 Å². The van der Waals surface area contributed by atoms with Crippen LogP contribution < -0.4 is 0 Å². The molecule has 1 aliphatic rings. The molecule has 1 nitrogen and oxygen atoms in total. The lowest BCUT2D eigenvalue weighted by atomic mass is 9.95. The fourth-order valence-corrected chi connectivity index (χ4v) is 2.88. The summed E-state index contributed by atoms with van der Waals surface area (Å²) in [5.41, 5.74) is 8.04. The first-order valence-electron chi connectivity index (χ1n) is 7.95. The molecule has 3 rings (SSSR count). The second-order valence-corrected chi connectivity index (χ2v) is 7.14. The van der Waals surface area contributed by atoms with Crippen molar-refractivity contribution in [1.29, 1.82) is 0 Å². The SMILES string of the molecule is CC1=Cc2cccc(-c3ccc(COC(C)(C)C)cc3)c2C1. The van der Waals surface area contributed by atoms with Crippen molar-refractivity contribution in [2.75, 3.05) is 0 Å². The topological polar surface area (TPSA) is 9.23 Å². The van der Waals surface area contributed by atoms with E-state index in [0.717, 1.165) is 6.42 Å². The van der Waals surface area contributed by atoms with Gasteiger partial charge in [0.1, 0.15) is 0 Å². The van der Waals surface area contributed by atoms with Crippen LogP contribution in [-0.4, -0.2) is 5.60 Å². The third-order valence-corrected chi connectivity index (χ3v) is 4.01. The lowest BCUT2D eigenvalue weighted by Gasteiger charge is -2.19. The molecule has 0 amide bonds. The monoisotopic (exact) mass is 292 g/mol. The summed E-state index contributed by atoms with van der Waals surface area (Å²) in [5.74, 6) is 0. The molecule has 0 fully saturated rings. The standard InChI is InChI=1S/C21H24O/c1-15-12-18-6-5-7-19(20(18)13-15)17-10-8-16(9-11-17)14-22-21(2,3)4/h5-12H,13-14H2,1-4H3. The van der Waals surface area contributed by atoms with Gasteiger partial charge in [-0.3, -0.25) is 0 Å². The largest absolute Gasteiger partial charge is 0.371 e. The lowest BCUT2D eigenvalue weighted by molar-refractivity contribution is -0.0149. The van der Waals surface area contributed by atoms with E-state index < -0.39 is 0 Å². The zero-order valence-electron chi connectivity index (χ0n) is 13.9. The number of benzene rings is 2. The van der Waals surface area contributed by atoms with Crippen molar-refractivity contribution in [3.63, 3.8) is 0 Å². The van der Waals surface area contributed by atoms with E-state index in [2.05, 4.69) is 76.2 Å². The molecule has 0 aromatic heterocycles. The molecule has 0 N–H and O–H groups in total. The molecule has 0 aliphatic heterocycles. The van der Waals surface area contributed by atoms with Gasteiger partial charge in [0.25, 0.3) is 0 Å². The van der Waals surface area contributed by atoms with Crippen molar-refractivity contribution in [1.82, 2.24) is 0 Å². The minimum absolute atomic E-state index is 0.0951. The highest BCUT2D eigenvalue weighted by Gasteiger charge is 2.15. The average Bonchev–Trinajstić information content (AvgIpc) is 2.85. The number of fused-ring (bicyclic) bond motifs is 1. The van der Waals surface area contributed by atoms with Gasteiger partial charge >= 0.3 is 0 Å². The summed E-state index contributed by atoms with van der Waals surface area (Å²) in [6, 6.07) is 15.4. The van der Waals surface area contributed by atoms with E-state index in [1.54, 1.807) is 0 Å². The molecule has 0 heterocycles. The Balaban J connectivity index is 1.82. The number of hydrogen-bond donors (Lipinski definition) is 0. The number of ether oxygens (including phenoxy) is 1. The highest BCUT2D eigenvalue weighted by molar-refractivity contribution is 5.77. The predicted octanol–water partition coefficient (Wildman–Crippen LogP) is 5.63. The normalized spacial score (nSPS) is 13.9. The van der Waals surface area contributed by atoms with Gasteiger partial charge in [-0.2, -0.15) is 0 Å². The molecule has 1 aliphatic carbocycles. The zero-order chi connectivity index (χ0) is 15.7. The van der Waals surface area contributed by atoms with Gasteiger partial charge in [-0.15, -0.1) is 0 Å². The lowest BCUT2D eigenvalue weighted by Crippen LogP contribution is -2.18. The molecular formula is C21H24O. The second kappa shape index (κ2) is 5.73. The molecule has 0 saturated carbocycles. The van der Waals surface area contributed by atoms with Gasteiger partial charge in [0.15, 0.2) is 0 Å². The summed E-state index contributed by atoms with van der Waals surface area (Å²) in [6.07, 6.45) is 3.37. The Bertz CT molecular complexity index is 700. The molecule has 114 valence electrons. The zero-order valence-corrected chi connectivity index (χ0v) is 13.9. The fraction of sp³-hybridized carbons (Fsp3) is 0.333. The number of hydrogen-bond acceptors (Lipinski definition) is 1. The number of rotatable bonds is 3. The van der Waals surface area contributed by atoms with Crippen LogP contribution in [0.25, 0.3) is 17.2 Å². The van der Waals surface area contributed by atoms with Crippen LogP contribution in [0.4, 0.5) is 0 Å². The van der Waals surface area contributed by atoms with E-state index in [1.807, 2.05) is 0 Å². The minimum Gasteiger partial charge on any atom is -0.371 e. The summed E-state index contributed by atoms with van der Waals surface area (Å²) in [5, 5.41) is 0. The summed E-state index contributed by atoms with van der Waals surface area (Å²) >= 11 is 0. The van der Waals surface area contributed by atoms with Crippen LogP contribution >= 0.6 is 0 Å². The van der Waals surface area contributed by atoms with Crippen LogP contribution in [0.15, 0.2) is 48.0 Å². The summed E-state index contributed by atoms with van der Waals surface area (Å²) in [6.45, 7) is 9.13. The van der Waals surface area contributed by atoms with E-state index in [4.69, 9.17) is 4.74 Å². The van der Waals surface area contributed by atoms with E-state index in [9.17, 15) is 0 Å². The second-order valence-electron chi connectivity index (χ2n) is 7.14. The molecule has 0 atom stereocenters. The van der Waals surface area contributed by atoms with Crippen LogP contribution in [0.1, 0.15) is 44.4 Å². The highest BCUT2D eigenvalue weighted by Crippen LogP contribution is 2.33. The van der Waals surface area contributed by atoms with Gasteiger partial charge in [-0.05, 0) is 61.9 Å². The maximum Gasteiger partial charge on any atom is 0.0724 e. The van der Waals surface area contributed by atoms with Crippen molar-refractivity contribution >= 4 is 6.08 Å². The van der Waals surface area contributed by atoms with Crippen LogP contribution in [-0.2, 0) is 17.8 Å². The van der Waals surface area contributed by atoms with Gasteiger partial charge in [0.2, 0.25) is 0 Å². The average molecular weight is 292 g/mol. The fourth-order valence-electron chi connectivity index (χ4n) is 2.88. The smallest absolute Gasteiger partial charge is 0.0724 e. The Morgan fingerprint density at radius 3 is 2.41 bits per heavy atom. The van der Waals surface area contributed by atoms with Gasteiger partial charge in [0.05, 0.1) is 12.2 Å². The first kappa shape index (κ1) is 15.1. The predicted molar refractivity (Wildman–Crippen MR) is 93.8 cm³/mol. The van der Waals surface area contributed by atoms with Gasteiger partial charge < -0.3 is 4.74 Å². The first-order chi connectivity index (χ1) is 10.4. The molecule has 2 aromatic carbocycles. The summed E-state index contributed by atoms with van der Waals surface area (Å²) < 4.78 is 5.84. The Hall–Kier alpha value is -1.86. The third kappa shape index (κ3) is 3.31. The molecule has 0 radical (unpaired) electrons.